The second-order valence-corrected chi connectivity index (χ2v) is 12.4. The molecule has 0 radical (unpaired) electrons. The van der Waals surface area contributed by atoms with Gasteiger partial charge in [0, 0.05) is 18.5 Å². The number of amides is 2. The molecule has 13 nitrogen and oxygen atoms in total. The number of ether oxygens (including phenoxy) is 1. The standard InChI is InChI=1S/C27H36N5O8P/c1-27(2,3)40-26(36)32(30-23(41(37,38)39)19-13-11-18(12-14-19)22(28)29)21(16-17-8-5-4-6-9-17)24(33)31-15-7-10-20(31)25(34)35/h4-6,8-9,11-14,20-21,23,30H,7,10,15-16H2,1-3H3,(H3,28,29)(H,34,35)(H2,37,38,39)/t20-,21+,23?/m0/s1. The highest BCUT2D eigenvalue weighted by Gasteiger charge is 2.44. The molecule has 14 heteroatoms. The molecular formula is C27H36N5O8P. The first-order chi connectivity index (χ1) is 19.1. The largest absolute Gasteiger partial charge is 0.480 e. The van der Waals surface area contributed by atoms with E-state index in [4.69, 9.17) is 15.9 Å². The van der Waals surface area contributed by atoms with E-state index in [1.165, 1.54) is 29.2 Å². The number of nitrogens with two attached hydrogens (primary N) is 1. The van der Waals surface area contributed by atoms with Gasteiger partial charge in [0.25, 0.3) is 0 Å². The topological polar surface area (TPSA) is 207 Å². The zero-order chi connectivity index (χ0) is 30.5. The maximum Gasteiger partial charge on any atom is 0.425 e. The van der Waals surface area contributed by atoms with E-state index in [1.54, 1.807) is 51.1 Å². The van der Waals surface area contributed by atoms with Crippen molar-refractivity contribution in [2.45, 2.75) is 63.5 Å². The zero-order valence-electron chi connectivity index (χ0n) is 23.1. The lowest BCUT2D eigenvalue weighted by Gasteiger charge is -2.38. The Bertz CT molecular complexity index is 1310. The number of hydrogen-bond acceptors (Lipinski definition) is 7. The summed E-state index contributed by atoms with van der Waals surface area (Å²) in [6.45, 7) is 4.93. The summed E-state index contributed by atoms with van der Waals surface area (Å²) in [4.78, 5) is 61.4. The van der Waals surface area contributed by atoms with Gasteiger partial charge in [0.15, 0.2) is 5.78 Å². The Kier molecular flexibility index (Phi) is 9.93. The fraction of sp³-hybridized carbons (Fsp3) is 0.407. The summed E-state index contributed by atoms with van der Waals surface area (Å²) < 4.78 is 18.3. The molecule has 1 aliphatic rings. The predicted octanol–water partition coefficient (Wildman–Crippen LogP) is 2.58. The van der Waals surface area contributed by atoms with Crippen LogP contribution in [-0.4, -0.2) is 72.8 Å². The van der Waals surface area contributed by atoms with E-state index in [-0.39, 0.29) is 30.8 Å². The molecule has 1 aliphatic heterocycles. The number of rotatable bonds is 10. The quantitative estimate of drug-likeness (QED) is 0.103. The van der Waals surface area contributed by atoms with Crippen molar-refractivity contribution >= 4 is 31.4 Å². The second-order valence-electron chi connectivity index (χ2n) is 10.7. The van der Waals surface area contributed by atoms with Gasteiger partial charge in [0.2, 0.25) is 5.91 Å². The van der Waals surface area contributed by atoms with E-state index in [2.05, 4.69) is 5.43 Å². The van der Waals surface area contributed by atoms with Crippen molar-refractivity contribution in [1.29, 1.82) is 5.41 Å². The van der Waals surface area contributed by atoms with Gasteiger partial charge in [0.1, 0.15) is 23.5 Å². The van der Waals surface area contributed by atoms with Crippen LogP contribution >= 0.6 is 7.60 Å². The molecule has 2 aromatic carbocycles. The fourth-order valence-corrected chi connectivity index (χ4v) is 5.34. The van der Waals surface area contributed by atoms with Crippen LogP contribution in [-0.2, 0) is 25.3 Å². The highest BCUT2D eigenvalue weighted by molar-refractivity contribution is 7.52. The fourth-order valence-electron chi connectivity index (χ4n) is 4.51. The van der Waals surface area contributed by atoms with Crippen LogP contribution in [0.1, 0.15) is 56.1 Å². The van der Waals surface area contributed by atoms with E-state index in [0.717, 1.165) is 5.01 Å². The Balaban J connectivity index is 2.13. The number of hydrazine groups is 1. The third kappa shape index (κ3) is 8.37. The Labute approximate surface area is 237 Å². The van der Waals surface area contributed by atoms with Gasteiger partial charge in [-0.05, 0) is 44.7 Å². The molecule has 41 heavy (non-hydrogen) atoms. The normalized spacial score (nSPS) is 17.0. The van der Waals surface area contributed by atoms with Crippen molar-refractivity contribution in [3.05, 3.63) is 71.3 Å². The summed E-state index contributed by atoms with van der Waals surface area (Å²) in [6.07, 6.45) is -0.524. The maximum absolute atomic E-state index is 14.0. The number of aliphatic carboxylic acids is 1. The number of benzene rings is 2. The summed E-state index contributed by atoms with van der Waals surface area (Å²) in [5.74, 6) is -3.96. The number of nitrogens with one attached hydrogen (secondary N) is 2. The van der Waals surface area contributed by atoms with Crippen LogP contribution in [0.5, 0.6) is 0 Å². The van der Waals surface area contributed by atoms with Crippen LogP contribution in [0.3, 0.4) is 0 Å². The number of nitrogen functional groups attached to an aromatic ring is 1. The molecule has 0 aliphatic carbocycles. The van der Waals surface area contributed by atoms with Crippen molar-refractivity contribution < 1.29 is 38.6 Å². The van der Waals surface area contributed by atoms with Crippen LogP contribution in [0.25, 0.3) is 0 Å². The van der Waals surface area contributed by atoms with Crippen molar-refractivity contribution in [3.63, 3.8) is 0 Å². The van der Waals surface area contributed by atoms with E-state index < -0.39 is 49.0 Å². The Morgan fingerprint density at radius 2 is 1.76 bits per heavy atom. The first kappa shape index (κ1) is 31.8. The minimum absolute atomic E-state index is 0.0485. The van der Waals surface area contributed by atoms with Gasteiger partial charge in [-0.3, -0.25) is 14.8 Å². The zero-order valence-corrected chi connectivity index (χ0v) is 24.0. The number of carboxylic acids is 1. The van der Waals surface area contributed by atoms with Gasteiger partial charge in [0.05, 0.1) is 0 Å². The molecule has 1 saturated heterocycles. The molecule has 2 aromatic rings. The molecule has 0 saturated carbocycles. The summed E-state index contributed by atoms with van der Waals surface area (Å²) in [7, 11) is -5.05. The number of carbonyl (C=O) groups excluding carboxylic acids is 2. The van der Waals surface area contributed by atoms with Gasteiger partial charge in [-0.2, -0.15) is 0 Å². The Morgan fingerprint density at radius 3 is 2.27 bits per heavy atom. The minimum atomic E-state index is -5.05. The first-order valence-electron chi connectivity index (χ1n) is 12.9. The summed E-state index contributed by atoms with van der Waals surface area (Å²) in [5.41, 5.74) is 8.00. The molecular weight excluding hydrogens is 553 g/mol. The lowest BCUT2D eigenvalue weighted by atomic mass is 10.0. The Morgan fingerprint density at radius 1 is 1.15 bits per heavy atom. The number of hydrogen-bond donors (Lipinski definition) is 6. The predicted molar refractivity (Wildman–Crippen MR) is 150 cm³/mol. The molecule has 222 valence electrons. The van der Waals surface area contributed by atoms with Gasteiger partial charge < -0.3 is 30.3 Å². The molecule has 3 rings (SSSR count). The first-order valence-corrected chi connectivity index (χ1v) is 14.6. The van der Waals surface area contributed by atoms with Crippen LogP contribution < -0.4 is 11.2 Å². The number of amidine groups is 1. The molecule has 1 unspecified atom stereocenters. The van der Waals surface area contributed by atoms with Gasteiger partial charge in [-0.15, -0.1) is 0 Å². The molecule has 2 amide bonds. The highest BCUT2D eigenvalue weighted by Crippen LogP contribution is 2.50. The average molecular weight is 590 g/mol. The SMILES string of the molecule is CC(C)(C)OC(=O)N(NC(c1ccc(C(=N)N)cc1)P(=O)(O)O)[C@H](Cc1ccccc1)C(=O)N1CCC[C@H]1C(=O)O. The highest BCUT2D eigenvalue weighted by atomic mass is 31.2. The third-order valence-corrected chi connectivity index (χ3v) is 7.50. The minimum Gasteiger partial charge on any atom is -0.480 e. The number of carboxylic acid groups (broad SMARTS) is 1. The van der Waals surface area contributed by atoms with Crippen LogP contribution in [0.2, 0.25) is 0 Å². The summed E-state index contributed by atoms with van der Waals surface area (Å²) in [5, 5.41) is 18.1. The van der Waals surface area contributed by atoms with Crippen molar-refractivity contribution in [3.8, 4) is 0 Å². The molecule has 0 bridgehead atoms. The van der Waals surface area contributed by atoms with E-state index >= 15 is 0 Å². The van der Waals surface area contributed by atoms with E-state index in [9.17, 15) is 33.8 Å². The molecule has 7 N–H and O–H groups in total. The monoisotopic (exact) mass is 589 g/mol. The summed E-state index contributed by atoms with van der Waals surface area (Å²) >= 11 is 0. The van der Waals surface area contributed by atoms with Crippen LogP contribution in [0.4, 0.5) is 4.79 Å². The molecule has 0 aromatic heterocycles. The number of carbonyl (C=O) groups is 3. The Hall–Kier alpha value is -3.77. The van der Waals surface area contributed by atoms with Crippen molar-refractivity contribution in [1.82, 2.24) is 15.3 Å². The van der Waals surface area contributed by atoms with Crippen LogP contribution in [0.15, 0.2) is 54.6 Å². The third-order valence-electron chi connectivity index (χ3n) is 6.41. The molecule has 3 atom stereocenters. The number of nitrogens with zero attached hydrogens (tertiary/aromatic N) is 2. The van der Waals surface area contributed by atoms with E-state index in [1.807, 2.05) is 0 Å². The second kappa shape index (κ2) is 12.8. The number of likely N-dealkylation sites (tertiary alicyclic amines) is 1. The summed E-state index contributed by atoms with van der Waals surface area (Å²) in [6, 6.07) is 11.6. The van der Waals surface area contributed by atoms with Gasteiger partial charge in [-0.25, -0.2) is 20.0 Å². The average Bonchev–Trinajstić information content (AvgIpc) is 3.37. The van der Waals surface area contributed by atoms with Crippen LogP contribution in [0, 0.1) is 5.41 Å². The van der Waals surface area contributed by atoms with E-state index in [0.29, 0.717) is 17.5 Å². The van der Waals surface area contributed by atoms with Gasteiger partial charge >= 0.3 is 19.7 Å². The van der Waals surface area contributed by atoms with Gasteiger partial charge in [-0.1, -0.05) is 54.6 Å². The lowest BCUT2D eigenvalue weighted by molar-refractivity contribution is -0.151. The molecule has 1 fully saturated rings. The van der Waals surface area contributed by atoms with Crippen molar-refractivity contribution in [2.24, 2.45) is 5.73 Å². The maximum atomic E-state index is 14.0. The lowest BCUT2D eigenvalue weighted by Crippen LogP contribution is -2.60. The smallest absolute Gasteiger partial charge is 0.425 e. The molecule has 1 heterocycles. The molecule has 0 spiro atoms. The van der Waals surface area contributed by atoms with Crippen molar-refractivity contribution in [2.75, 3.05) is 6.54 Å².